The van der Waals surface area contributed by atoms with Gasteiger partial charge in [-0.2, -0.15) is 0 Å². The first-order valence-corrected chi connectivity index (χ1v) is 6.71. The number of hydrogen-bond donors (Lipinski definition) is 2. The molecule has 0 aliphatic heterocycles. The van der Waals surface area contributed by atoms with Gasteiger partial charge in [0, 0.05) is 11.1 Å². The van der Waals surface area contributed by atoms with E-state index in [1.165, 1.54) is 17.7 Å². The predicted octanol–water partition coefficient (Wildman–Crippen LogP) is 3.21. The number of benzene rings is 1. The van der Waals surface area contributed by atoms with Crippen molar-refractivity contribution in [1.82, 2.24) is 4.98 Å². The molecule has 0 bridgehead atoms. The molecule has 0 amide bonds. The normalized spacial score (nSPS) is 18.9. The van der Waals surface area contributed by atoms with Crippen molar-refractivity contribution in [2.45, 2.75) is 25.2 Å². The summed E-state index contributed by atoms with van der Waals surface area (Å²) >= 11 is 6.37. The van der Waals surface area contributed by atoms with Gasteiger partial charge in [-0.25, -0.2) is 0 Å². The number of nitrogens with two attached hydrogens (primary N) is 1. The molecular weight excluding hydrogens is 248 g/mol. The number of aromatic nitrogens is 1. The average Bonchev–Trinajstić information content (AvgIpc) is 2.79. The molecule has 18 heavy (non-hydrogen) atoms. The van der Waals surface area contributed by atoms with Crippen LogP contribution in [0.4, 0.5) is 0 Å². The van der Waals surface area contributed by atoms with E-state index in [0.29, 0.717) is 12.5 Å². The van der Waals surface area contributed by atoms with Gasteiger partial charge in [0.05, 0.1) is 17.6 Å². The summed E-state index contributed by atoms with van der Waals surface area (Å²) in [6, 6.07) is 3.81. The van der Waals surface area contributed by atoms with Crippen LogP contribution in [0.5, 0.6) is 5.75 Å². The van der Waals surface area contributed by atoms with Gasteiger partial charge in [-0.3, -0.25) is 0 Å². The van der Waals surface area contributed by atoms with Crippen LogP contribution in [0.1, 0.15) is 30.0 Å². The molecule has 0 radical (unpaired) electrons. The Labute approximate surface area is 111 Å². The summed E-state index contributed by atoms with van der Waals surface area (Å²) in [5, 5.41) is 1.88. The van der Waals surface area contributed by atoms with Gasteiger partial charge in [0.2, 0.25) is 0 Å². The molecule has 4 heteroatoms. The van der Waals surface area contributed by atoms with Crippen molar-refractivity contribution < 1.29 is 4.74 Å². The van der Waals surface area contributed by atoms with Crippen LogP contribution in [-0.2, 0) is 6.42 Å². The summed E-state index contributed by atoms with van der Waals surface area (Å²) in [6.07, 6.45) is 3.39. The van der Waals surface area contributed by atoms with Gasteiger partial charge in [-0.1, -0.05) is 11.6 Å². The number of halogens is 1. The van der Waals surface area contributed by atoms with E-state index >= 15 is 0 Å². The zero-order chi connectivity index (χ0) is 12.7. The van der Waals surface area contributed by atoms with Crippen molar-refractivity contribution in [1.29, 1.82) is 0 Å². The Morgan fingerprint density at radius 2 is 2.33 bits per heavy atom. The zero-order valence-electron chi connectivity index (χ0n) is 10.4. The van der Waals surface area contributed by atoms with E-state index in [1.807, 2.05) is 12.1 Å². The zero-order valence-corrected chi connectivity index (χ0v) is 11.2. The molecule has 96 valence electrons. The summed E-state index contributed by atoms with van der Waals surface area (Å²) in [4.78, 5) is 3.48. The highest BCUT2D eigenvalue weighted by Crippen LogP contribution is 2.42. The van der Waals surface area contributed by atoms with Crippen LogP contribution >= 0.6 is 11.6 Å². The Balaban J connectivity index is 2.33. The van der Waals surface area contributed by atoms with Gasteiger partial charge >= 0.3 is 0 Å². The monoisotopic (exact) mass is 264 g/mol. The minimum absolute atomic E-state index is 0.409. The molecule has 3 N–H and O–H groups in total. The van der Waals surface area contributed by atoms with Crippen molar-refractivity contribution >= 4 is 22.5 Å². The summed E-state index contributed by atoms with van der Waals surface area (Å²) in [5.41, 5.74) is 9.49. The number of fused-ring (bicyclic) bond motifs is 3. The molecule has 3 nitrogen and oxygen atoms in total. The maximum Gasteiger partial charge on any atom is 0.143 e. The third-order valence-electron chi connectivity index (χ3n) is 3.88. The third kappa shape index (κ3) is 1.62. The first-order chi connectivity index (χ1) is 8.76. The molecule has 1 heterocycles. The van der Waals surface area contributed by atoms with E-state index in [2.05, 4.69) is 4.98 Å². The molecule has 1 unspecified atom stereocenters. The van der Waals surface area contributed by atoms with Crippen molar-refractivity contribution in [3.8, 4) is 5.75 Å². The minimum atomic E-state index is 0.409. The number of ether oxygens (including phenoxy) is 1. The molecule has 2 aromatic rings. The van der Waals surface area contributed by atoms with Crippen LogP contribution < -0.4 is 10.5 Å². The summed E-state index contributed by atoms with van der Waals surface area (Å²) < 4.78 is 5.41. The van der Waals surface area contributed by atoms with Crippen LogP contribution in [0.3, 0.4) is 0 Å². The summed E-state index contributed by atoms with van der Waals surface area (Å²) in [6.45, 7) is 0.674. The Bertz CT molecular complexity index is 591. The van der Waals surface area contributed by atoms with Crippen molar-refractivity contribution in [3.05, 3.63) is 28.4 Å². The highest BCUT2D eigenvalue weighted by atomic mass is 35.5. The van der Waals surface area contributed by atoms with Crippen molar-refractivity contribution in [3.63, 3.8) is 0 Å². The quantitative estimate of drug-likeness (QED) is 0.875. The number of aromatic amines is 1. The maximum atomic E-state index is 6.37. The number of aryl methyl sites for hydroxylation is 1. The van der Waals surface area contributed by atoms with E-state index < -0.39 is 0 Å². The molecule has 1 aliphatic rings. The molecule has 1 aromatic carbocycles. The van der Waals surface area contributed by atoms with Gasteiger partial charge in [-0.05, 0) is 49.4 Å². The van der Waals surface area contributed by atoms with Crippen molar-refractivity contribution in [2.24, 2.45) is 5.73 Å². The van der Waals surface area contributed by atoms with E-state index in [-0.39, 0.29) is 0 Å². The number of nitrogens with one attached hydrogen (secondary N) is 1. The van der Waals surface area contributed by atoms with Crippen LogP contribution in [0.15, 0.2) is 12.1 Å². The summed E-state index contributed by atoms with van der Waals surface area (Å²) in [7, 11) is 1.68. The Kier molecular flexibility index (Phi) is 2.96. The lowest BCUT2D eigenvalue weighted by atomic mass is 9.85. The van der Waals surface area contributed by atoms with Crippen LogP contribution in [0.2, 0.25) is 5.02 Å². The fourth-order valence-corrected chi connectivity index (χ4v) is 3.30. The van der Waals surface area contributed by atoms with E-state index in [4.69, 9.17) is 22.1 Å². The maximum absolute atomic E-state index is 6.37. The molecule has 1 aliphatic carbocycles. The lowest BCUT2D eigenvalue weighted by Crippen LogP contribution is -2.17. The first-order valence-electron chi connectivity index (χ1n) is 6.33. The smallest absolute Gasteiger partial charge is 0.143 e. The minimum Gasteiger partial charge on any atom is -0.495 e. The molecule has 1 aromatic heterocycles. The Morgan fingerprint density at radius 3 is 3.06 bits per heavy atom. The van der Waals surface area contributed by atoms with Gasteiger partial charge in [0.25, 0.3) is 0 Å². The molecule has 3 rings (SSSR count). The SMILES string of the molecule is COc1ccc(Cl)c2c3c([nH]c12)CCCC3CN. The molecule has 0 saturated heterocycles. The van der Waals surface area contributed by atoms with Gasteiger partial charge in [0.15, 0.2) is 0 Å². The fraction of sp³-hybridized carbons (Fsp3) is 0.429. The van der Waals surface area contributed by atoms with Crippen LogP contribution in [0, 0.1) is 0 Å². The summed E-state index contributed by atoms with van der Waals surface area (Å²) in [5.74, 6) is 1.26. The highest BCUT2D eigenvalue weighted by Gasteiger charge is 2.26. The van der Waals surface area contributed by atoms with E-state index in [0.717, 1.165) is 34.5 Å². The molecule has 0 spiro atoms. The largest absolute Gasteiger partial charge is 0.495 e. The average molecular weight is 265 g/mol. The lowest BCUT2D eigenvalue weighted by molar-refractivity contribution is 0.419. The third-order valence-corrected chi connectivity index (χ3v) is 4.19. The molecule has 0 saturated carbocycles. The van der Waals surface area contributed by atoms with Crippen LogP contribution in [-0.4, -0.2) is 18.6 Å². The second-order valence-corrected chi connectivity index (χ2v) is 5.25. The number of hydrogen-bond acceptors (Lipinski definition) is 2. The van der Waals surface area contributed by atoms with E-state index in [9.17, 15) is 0 Å². The molecular formula is C14H17ClN2O. The number of H-pyrrole nitrogens is 1. The van der Waals surface area contributed by atoms with E-state index in [1.54, 1.807) is 7.11 Å². The highest BCUT2D eigenvalue weighted by molar-refractivity contribution is 6.36. The fourth-order valence-electron chi connectivity index (χ4n) is 3.04. The number of rotatable bonds is 2. The molecule has 1 atom stereocenters. The standard InChI is InChI=1S/C14H17ClN2O/c1-18-11-6-5-9(15)13-12-8(7-16)3-2-4-10(12)17-14(11)13/h5-6,8,17H,2-4,7,16H2,1H3. The van der Waals surface area contributed by atoms with Gasteiger partial charge in [-0.15, -0.1) is 0 Å². The Hall–Kier alpha value is -1.19. The number of methoxy groups -OCH3 is 1. The second kappa shape index (κ2) is 4.48. The molecule has 0 fully saturated rings. The Morgan fingerprint density at radius 1 is 1.50 bits per heavy atom. The topological polar surface area (TPSA) is 51.0 Å². The van der Waals surface area contributed by atoms with Gasteiger partial charge < -0.3 is 15.5 Å². The van der Waals surface area contributed by atoms with Gasteiger partial charge in [0.1, 0.15) is 5.75 Å². The predicted molar refractivity (Wildman–Crippen MR) is 74.6 cm³/mol. The second-order valence-electron chi connectivity index (χ2n) is 4.84. The first kappa shape index (κ1) is 11.9. The van der Waals surface area contributed by atoms with Crippen LogP contribution in [0.25, 0.3) is 10.9 Å². The lowest BCUT2D eigenvalue weighted by Gasteiger charge is -2.21. The van der Waals surface area contributed by atoms with Crippen molar-refractivity contribution in [2.75, 3.05) is 13.7 Å².